The number of nitrogens with one attached hydrogen (secondary N) is 2. The van der Waals surface area contributed by atoms with E-state index in [2.05, 4.69) is 63.7 Å². The van der Waals surface area contributed by atoms with Crippen LogP contribution in [-0.4, -0.2) is 25.0 Å². The first-order chi connectivity index (χ1) is 15.2. The lowest BCUT2D eigenvalue weighted by Crippen LogP contribution is -2.20. The Bertz CT molecular complexity index is 1130. The molecule has 0 saturated heterocycles. The fraction of sp³-hybridized carbons (Fsp3) is 0.304. The van der Waals surface area contributed by atoms with E-state index in [1.165, 1.54) is 5.56 Å². The van der Waals surface area contributed by atoms with Gasteiger partial charge in [0.05, 0.1) is 12.5 Å². The number of aromatic nitrogens is 5. The van der Waals surface area contributed by atoms with Crippen molar-refractivity contribution in [3.8, 4) is 0 Å². The van der Waals surface area contributed by atoms with Gasteiger partial charge in [0, 0.05) is 11.4 Å². The topological polar surface area (TPSA) is 102 Å². The summed E-state index contributed by atoms with van der Waals surface area (Å²) in [5.74, 6) is 0.333. The average molecular weight is 419 g/mol. The third-order valence-corrected chi connectivity index (χ3v) is 5.55. The molecule has 1 atom stereocenters. The van der Waals surface area contributed by atoms with Crippen molar-refractivity contribution < 1.29 is 4.42 Å². The molecule has 31 heavy (non-hydrogen) atoms. The Kier molecular flexibility index (Phi) is 6.26. The fourth-order valence-electron chi connectivity index (χ4n) is 3.88. The van der Waals surface area contributed by atoms with Crippen molar-refractivity contribution in [1.82, 2.24) is 25.0 Å². The maximum Gasteiger partial charge on any atom is 0.434 e. The first kappa shape index (κ1) is 20.6. The quantitative estimate of drug-likeness (QED) is 0.420. The van der Waals surface area contributed by atoms with Gasteiger partial charge in [-0.25, -0.2) is 19.6 Å². The zero-order valence-corrected chi connectivity index (χ0v) is 17.7. The number of hydrogen-bond donors (Lipinski definition) is 2. The van der Waals surface area contributed by atoms with E-state index in [0.717, 1.165) is 29.8 Å². The maximum atomic E-state index is 11.0. The van der Waals surface area contributed by atoms with E-state index in [9.17, 15) is 4.79 Å². The van der Waals surface area contributed by atoms with Crippen molar-refractivity contribution in [2.24, 2.45) is 5.92 Å². The number of aromatic amines is 1. The highest BCUT2D eigenvalue weighted by Crippen LogP contribution is 2.31. The monoisotopic (exact) mass is 418 g/mol. The molecule has 2 heterocycles. The van der Waals surface area contributed by atoms with Gasteiger partial charge in [-0.1, -0.05) is 51.0 Å². The predicted octanol–water partition coefficient (Wildman–Crippen LogP) is 4.31. The molecule has 160 valence electrons. The largest absolute Gasteiger partial charge is 0.434 e. The van der Waals surface area contributed by atoms with Crippen molar-refractivity contribution in [2.45, 2.75) is 39.2 Å². The number of rotatable bonds is 9. The van der Waals surface area contributed by atoms with E-state index < -0.39 is 5.76 Å². The second kappa shape index (κ2) is 9.42. The summed E-state index contributed by atoms with van der Waals surface area (Å²) >= 11 is 0. The van der Waals surface area contributed by atoms with Gasteiger partial charge in [-0.05, 0) is 41.3 Å². The lowest BCUT2D eigenvalue weighted by atomic mass is 9.89. The van der Waals surface area contributed by atoms with Crippen molar-refractivity contribution >= 4 is 11.4 Å². The van der Waals surface area contributed by atoms with Gasteiger partial charge in [-0.3, -0.25) is 0 Å². The molecule has 2 N–H and O–H groups in total. The molecular formula is C23H26N6O2. The van der Waals surface area contributed by atoms with E-state index in [1.54, 1.807) is 12.7 Å². The Morgan fingerprint density at radius 2 is 1.71 bits per heavy atom. The van der Waals surface area contributed by atoms with Crippen LogP contribution in [-0.2, 0) is 6.42 Å². The van der Waals surface area contributed by atoms with Crippen LogP contribution in [0.4, 0.5) is 11.4 Å². The average Bonchev–Trinajstić information content (AvgIpc) is 3.46. The molecule has 0 spiro atoms. The summed E-state index contributed by atoms with van der Waals surface area (Å²) in [5.41, 5.74) is 4.22. The Hall–Kier alpha value is -3.68. The SMILES string of the molecule is CCC(CC)C(c1ccc(Nc2ccc(Cc3n[nH]c(=O)o3)cc2)cc1)n1cncn1. The number of hydrogen-bond acceptors (Lipinski definition) is 6. The van der Waals surface area contributed by atoms with E-state index in [1.807, 2.05) is 28.9 Å². The third-order valence-electron chi connectivity index (χ3n) is 5.55. The molecule has 0 saturated carbocycles. The summed E-state index contributed by atoms with van der Waals surface area (Å²) in [6, 6.07) is 16.6. The van der Waals surface area contributed by atoms with Crippen LogP contribution in [0.1, 0.15) is 49.7 Å². The summed E-state index contributed by atoms with van der Waals surface area (Å²) in [4.78, 5) is 15.2. The van der Waals surface area contributed by atoms with Gasteiger partial charge in [0.25, 0.3) is 0 Å². The summed E-state index contributed by atoms with van der Waals surface area (Å²) in [7, 11) is 0. The first-order valence-corrected chi connectivity index (χ1v) is 10.5. The molecule has 1 unspecified atom stereocenters. The Balaban J connectivity index is 1.46. The van der Waals surface area contributed by atoms with Gasteiger partial charge in [0.1, 0.15) is 12.7 Å². The van der Waals surface area contributed by atoms with Crippen LogP contribution >= 0.6 is 0 Å². The Morgan fingerprint density at radius 3 is 2.26 bits per heavy atom. The molecule has 0 bridgehead atoms. The van der Waals surface area contributed by atoms with Crippen molar-refractivity contribution in [3.05, 3.63) is 88.8 Å². The number of H-pyrrole nitrogens is 1. The summed E-state index contributed by atoms with van der Waals surface area (Å²) in [6.07, 6.45) is 6.01. The first-order valence-electron chi connectivity index (χ1n) is 10.5. The second-order valence-corrected chi connectivity index (χ2v) is 7.52. The fourth-order valence-corrected chi connectivity index (χ4v) is 3.88. The number of nitrogens with zero attached hydrogens (tertiary/aromatic N) is 4. The van der Waals surface area contributed by atoms with Gasteiger partial charge in [-0.15, -0.1) is 5.10 Å². The van der Waals surface area contributed by atoms with Crippen molar-refractivity contribution in [1.29, 1.82) is 0 Å². The van der Waals surface area contributed by atoms with Crippen molar-refractivity contribution in [2.75, 3.05) is 5.32 Å². The predicted molar refractivity (Wildman–Crippen MR) is 118 cm³/mol. The molecule has 0 aliphatic rings. The zero-order chi connectivity index (χ0) is 21.6. The molecule has 0 aliphatic carbocycles. The Labute approximate surface area is 180 Å². The van der Waals surface area contributed by atoms with Gasteiger partial charge in [0.15, 0.2) is 0 Å². The summed E-state index contributed by atoms with van der Waals surface area (Å²) in [6.45, 7) is 4.44. The van der Waals surface area contributed by atoms with Gasteiger partial charge < -0.3 is 9.73 Å². The molecule has 0 fully saturated rings. The van der Waals surface area contributed by atoms with Crippen LogP contribution in [0.15, 0.2) is 70.4 Å². The van der Waals surface area contributed by atoms with E-state index >= 15 is 0 Å². The van der Waals surface area contributed by atoms with Crippen LogP contribution in [0.5, 0.6) is 0 Å². The third kappa shape index (κ3) is 4.91. The lowest BCUT2D eigenvalue weighted by Gasteiger charge is -2.26. The van der Waals surface area contributed by atoms with Crippen LogP contribution < -0.4 is 11.1 Å². The smallest absolute Gasteiger partial charge is 0.392 e. The minimum absolute atomic E-state index is 0.174. The minimum atomic E-state index is -0.535. The number of anilines is 2. The summed E-state index contributed by atoms with van der Waals surface area (Å²) < 4.78 is 6.91. The van der Waals surface area contributed by atoms with Gasteiger partial charge >= 0.3 is 5.76 Å². The molecule has 8 nitrogen and oxygen atoms in total. The van der Waals surface area contributed by atoms with Crippen LogP contribution in [0.3, 0.4) is 0 Å². The molecule has 4 rings (SSSR count). The highest BCUT2D eigenvalue weighted by Gasteiger charge is 2.23. The molecule has 0 radical (unpaired) electrons. The molecule has 2 aromatic heterocycles. The summed E-state index contributed by atoms with van der Waals surface area (Å²) in [5, 5.41) is 13.9. The molecule has 0 aliphatic heterocycles. The highest BCUT2D eigenvalue weighted by molar-refractivity contribution is 5.60. The van der Waals surface area contributed by atoms with Gasteiger partial charge in [-0.2, -0.15) is 5.10 Å². The highest BCUT2D eigenvalue weighted by atomic mass is 16.4. The van der Waals surface area contributed by atoms with Crippen molar-refractivity contribution in [3.63, 3.8) is 0 Å². The molecule has 2 aromatic carbocycles. The standard InChI is InChI=1S/C23H26N6O2/c1-3-17(4-2)22(29-15-24-14-25-29)18-7-11-20(12-8-18)26-19-9-5-16(6-10-19)13-21-27-28-23(30)31-21/h5-12,14-15,17,22,26H,3-4,13H2,1-2H3,(H,28,30). The lowest BCUT2D eigenvalue weighted by molar-refractivity contribution is 0.332. The van der Waals surface area contributed by atoms with Crippen LogP contribution in [0, 0.1) is 5.92 Å². The van der Waals surface area contributed by atoms with Crippen LogP contribution in [0.25, 0.3) is 0 Å². The van der Waals surface area contributed by atoms with E-state index in [-0.39, 0.29) is 6.04 Å². The zero-order valence-electron chi connectivity index (χ0n) is 17.7. The second-order valence-electron chi connectivity index (χ2n) is 7.52. The molecular weight excluding hydrogens is 392 g/mol. The van der Waals surface area contributed by atoms with E-state index in [4.69, 9.17) is 4.42 Å². The van der Waals surface area contributed by atoms with E-state index in [0.29, 0.717) is 18.2 Å². The van der Waals surface area contributed by atoms with Gasteiger partial charge in [0.2, 0.25) is 5.89 Å². The normalized spacial score (nSPS) is 12.2. The molecule has 0 amide bonds. The Morgan fingerprint density at radius 1 is 1.03 bits per heavy atom. The number of benzene rings is 2. The minimum Gasteiger partial charge on any atom is -0.392 e. The molecule has 4 aromatic rings. The maximum absolute atomic E-state index is 11.0. The molecule has 8 heteroatoms. The van der Waals surface area contributed by atoms with Crippen LogP contribution in [0.2, 0.25) is 0 Å².